The van der Waals surface area contributed by atoms with Crippen LogP contribution < -0.4 is 10.2 Å². The Morgan fingerprint density at radius 2 is 1.81 bits per heavy atom. The van der Waals surface area contributed by atoms with Gasteiger partial charge in [0.05, 0.1) is 0 Å². The molecule has 0 unspecified atom stereocenters. The molecule has 0 bridgehead atoms. The van der Waals surface area contributed by atoms with E-state index in [0.717, 1.165) is 31.8 Å². The number of anilines is 1. The standard InChI is InChI=1S/C26H41N3O2/c1-26(2,3)31-25(30)27-22-12-10-20(11-13-22)14-15-28-16-18-29(19-17-28)24-9-5-7-21-6-4-8-23(21)24/h5,7,9,20,22H,4,6,8,10-19H2,1-3H3,(H,27,30). The molecule has 0 spiro atoms. The van der Waals surface area contributed by atoms with Gasteiger partial charge < -0.3 is 15.0 Å². The fourth-order valence-corrected chi connectivity index (χ4v) is 5.54. The second-order valence-electron chi connectivity index (χ2n) is 10.7. The van der Waals surface area contributed by atoms with E-state index in [1.54, 1.807) is 11.1 Å². The highest BCUT2D eigenvalue weighted by atomic mass is 16.6. The van der Waals surface area contributed by atoms with Gasteiger partial charge in [-0.05, 0) is 102 Å². The van der Waals surface area contributed by atoms with Crippen LogP contribution in [0, 0.1) is 5.92 Å². The van der Waals surface area contributed by atoms with Crippen LogP contribution in [0.2, 0.25) is 0 Å². The maximum atomic E-state index is 12.0. The van der Waals surface area contributed by atoms with E-state index >= 15 is 0 Å². The van der Waals surface area contributed by atoms with Gasteiger partial charge in [0.15, 0.2) is 0 Å². The Bertz CT molecular complexity index is 742. The first-order valence-corrected chi connectivity index (χ1v) is 12.4. The average molecular weight is 428 g/mol. The van der Waals surface area contributed by atoms with E-state index < -0.39 is 5.60 Å². The van der Waals surface area contributed by atoms with Crippen LogP contribution in [-0.2, 0) is 17.6 Å². The number of nitrogens with zero attached hydrogens (tertiary/aromatic N) is 2. The van der Waals surface area contributed by atoms with Crippen molar-refractivity contribution < 1.29 is 9.53 Å². The third-order valence-corrected chi connectivity index (χ3v) is 7.26. The van der Waals surface area contributed by atoms with Crippen molar-refractivity contribution in [1.82, 2.24) is 10.2 Å². The molecule has 1 aliphatic heterocycles. The average Bonchev–Trinajstić information content (AvgIpc) is 3.21. The number of fused-ring (bicyclic) bond motifs is 1. The number of piperazine rings is 1. The Labute approximate surface area is 188 Å². The lowest BCUT2D eigenvalue weighted by molar-refractivity contribution is 0.0486. The Kier molecular flexibility index (Phi) is 7.10. The van der Waals surface area contributed by atoms with Crippen molar-refractivity contribution in [2.45, 2.75) is 83.8 Å². The number of carbonyl (C=O) groups excluding carboxylic acids is 1. The van der Waals surface area contributed by atoms with Gasteiger partial charge in [-0.25, -0.2) is 4.79 Å². The van der Waals surface area contributed by atoms with Crippen molar-refractivity contribution in [3.05, 3.63) is 29.3 Å². The number of hydrogen-bond acceptors (Lipinski definition) is 4. The van der Waals surface area contributed by atoms with Crippen molar-refractivity contribution in [2.75, 3.05) is 37.6 Å². The zero-order valence-corrected chi connectivity index (χ0v) is 19.8. The van der Waals surface area contributed by atoms with Gasteiger partial charge in [0, 0.05) is 37.9 Å². The summed E-state index contributed by atoms with van der Waals surface area (Å²) >= 11 is 0. The second-order valence-corrected chi connectivity index (χ2v) is 10.7. The van der Waals surface area contributed by atoms with E-state index in [0.29, 0.717) is 0 Å². The highest BCUT2D eigenvalue weighted by Gasteiger charge is 2.26. The molecule has 5 nitrogen and oxygen atoms in total. The molecule has 1 amide bonds. The molecule has 1 saturated heterocycles. The molecule has 1 aromatic carbocycles. The molecule has 1 saturated carbocycles. The highest BCUT2D eigenvalue weighted by molar-refractivity contribution is 5.68. The minimum Gasteiger partial charge on any atom is -0.444 e. The lowest BCUT2D eigenvalue weighted by Crippen LogP contribution is -2.47. The number of ether oxygens (including phenoxy) is 1. The summed E-state index contributed by atoms with van der Waals surface area (Å²) in [6.45, 7) is 11.6. The van der Waals surface area contributed by atoms with Crippen LogP contribution in [0.15, 0.2) is 18.2 Å². The minimum atomic E-state index is -0.425. The fraction of sp³-hybridized carbons (Fsp3) is 0.731. The Balaban J connectivity index is 1.15. The predicted octanol–water partition coefficient (Wildman–Crippen LogP) is 4.77. The summed E-state index contributed by atoms with van der Waals surface area (Å²) in [5, 5.41) is 3.06. The van der Waals surface area contributed by atoms with Gasteiger partial charge in [-0.2, -0.15) is 0 Å². The van der Waals surface area contributed by atoms with Crippen molar-refractivity contribution >= 4 is 11.8 Å². The normalized spacial score (nSPS) is 24.7. The number of alkyl carbamates (subject to hydrolysis) is 1. The number of aryl methyl sites for hydroxylation is 1. The molecular formula is C26H41N3O2. The fourth-order valence-electron chi connectivity index (χ4n) is 5.54. The van der Waals surface area contributed by atoms with Crippen molar-refractivity contribution in [1.29, 1.82) is 0 Å². The van der Waals surface area contributed by atoms with Crippen LogP contribution in [0.25, 0.3) is 0 Å². The van der Waals surface area contributed by atoms with Crippen LogP contribution in [0.3, 0.4) is 0 Å². The Morgan fingerprint density at radius 1 is 1.06 bits per heavy atom. The first-order valence-electron chi connectivity index (χ1n) is 12.4. The molecule has 5 heteroatoms. The maximum absolute atomic E-state index is 12.0. The van der Waals surface area contributed by atoms with Gasteiger partial charge in [-0.1, -0.05) is 12.1 Å². The summed E-state index contributed by atoms with van der Waals surface area (Å²) in [6, 6.07) is 7.19. The number of amides is 1. The largest absolute Gasteiger partial charge is 0.444 e. The lowest BCUT2D eigenvalue weighted by atomic mass is 9.84. The molecule has 1 heterocycles. The van der Waals surface area contributed by atoms with Gasteiger partial charge >= 0.3 is 6.09 Å². The van der Waals surface area contributed by atoms with Crippen LogP contribution in [0.4, 0.5) is 10.5 Å². The molecule has 2 fully saturated rings. The summed E-state index contributed by atoms with van der Waals surface area (Å²) in [6.07, 6.45) is 9.47. The summed E-state index contributed by atoms with van der Waals surface area (Å²) in [4.78, 5) is 17.3. The lowest BCUT2D eigenvalue weighted by Gasteiger charge is -2.38. The highest BCUT2D eigenvalue weighted by Crippen LogP contribution is 2.32. The summed E-state index contributed by atoms with van der Waals surface area (Å²) in [5.74, 6) is 0.798. The number of benzene rings is 1. The van der Waals surface area contributed by atoms with Crippen LogP contribution in [-0.4, -0.2) is 55.4 Å². The topological polar surface area (TPSA) is 44.8 Å². The molecule has 31 heavy (non-hydrogen) atoms. The van der Waals surface area contributed by atoms with E-state index in [4.69, 9.17) is 4.74 Å². The molecule has 3 aliphatic rings. The monoisotopic (exact) mass is 427 g/mol. The third kappa shape index (κ3) is 6.15. The summed E-state index contributed by atoms with van der Waals surface area (Å²) in [5.41, 5.74) is 4.28. The number of nitrogens with one attached hydrogen (secondary N) is 1. The van der Waals surface area contributed by atoms with Gasteiger partial charge in [-0.15, -0.1) is 0 Å². The van der Waals surface area contributed by atoms with Crippen LogP contribution >= 0.6 is 0 Å². The smallest absolute Gasteiger partial charge is 0.407 e. The molecule has 0 radical (unpaired) electrons. The second kappa shape index (κ2) is 9.81. The van der Waals surface area contributed by atoms with Crippen LogP contribution in [0.5, 0.6) is 0 Å². The quantitative estimate of drug-likeness (QED) is 0.735. The van der Waals surface area contributed by atoms with Gasteiger partial charge in [0.2, 0.25) is 0 Å². The SMILES string of the molecule is CC(C)(C)OC(=O)NC1CCC(CCN2CCN(c3cccc4c3CCC4)CC2)CC1. The van der Waals surface area contributed by atoms with Crippen molar-refractivity contribution in [3.63, 3.8) is 0 Å². The predicted molar refractivity (Wildman–Crippen MR) is 127 cm³/mol. The minimum absolute atomic E-state index is 0.266. The molecule has 1 N–H and O–H groups in total. The first kappa shape index (κ1) is 22.4. The number of hydrogen-bond donors (Lipinski definition) is 1. The summed E-state index contributed by atoms with van der Waals surface area (Å²) in [7, 11) is 0. The van der Waals surface area contributed by atoms with E-state index in [1.165, 1.54) is 63.8 Å². The first-order chi connectivity index (χ1) is 14.9. The molecular weight excluding hydrogens is 386 g/mol. The Morgan fingerprint density at radius 3 is 2.52 bits per heavy atom. The van der Waals surface area contributed by atoms with Gasteiger partial charge in [0.1, 0.15) is 5.60 Å². The van der Waals surface area contributed by atoms with E-state index in [-0.39, 0.29) is 12.1 Å². The van der Waals surface area contributed by atoms with Gasteiger partial charge in [-0.3, -0.25) is 4.90 Å². The van der Waals surface area contributed by atoms with Crippen LogP contribution in [0.1, 0.15) is 70.4 Å². The molecule has 172 valence electrons. The number of rotatable bonds is 5. The zero-order chi connectivity index (χ0) is 21.8. The molecule has 4 rings (SSSR count). The van der Waals surface area contributed by atoms with Crippen molar-refractivity contribution in [2.24, 2.45) is 5.92 Å². The van der Waals surface area contributed by atoms with E-state index in [2.05, 4.69) is 33.3 Å². The molecule has 2 aliphatic carbocycles. The molecule has 0 atom stereocenters. The summed E-state index contributed by atoms with van der Waals surface area (Å²) < 4.78 is 5.40. The Hall–Kier alpha value is -1.75. The van der Waals surface area contributed by atoms with E-state index in [1.807, 2.05) is 20.8 Å². The van der Waals surface area contributed by atoms with Gasteiger partial charge in [0.25, 0.3) is 0 Å². The molecule has 1 aromatic rings. The van der Waals surface area contributed by atoms with E-state index in [9.17, 15) is 4.79 Å². The van der Waals surface area contributed by atoms with Crippen molar-refractivity contribution in [3.8, 4) is 0 Å². The maximum Gasteiger partial charge on any atom is 0.407 e. The number of carbonyl (C=O) groups is 1. The molecule has 0 aromatic heterocycles. The zero-order valence-electron chi connectivity index (χ0n) is 19.8. The third-order valence-electron chi connectivity index (χ3n) is 7.26.